The van der Waals surface area contributed by atoms with Crippen molar-refractivity contribution in [3.8, 4) is 17.1 Å². The number of hydrogen-bond acceptors (Lipinski definition) is 4. The zero-order valence-electron chi connectivity index (χ0n) is 11.8. The molecule has 0 spiro atoms. The van der Waals surface area contributed by atoms with E-state index in [2.05, 4.69) is 4.98 Å². The standard InChI is InChI=1S/C16H17N3O2/c1-21-11-6-7-12(13(17)10-11)16-18-14-4-2-3-5-15(14)19(16)8-9-20/h2-7,10,20H,8-9,17H2,1H3. The number of rotatable bonds is 4. The second kappa shape index (κ2) is 5.46. The minimum atomic E-state index is 0.0451. The third kappa shape index (κ3) is 2.32. The molecule has 108 valence electrons. The number of aliphatic hydroxyl groups excluding tert-OH is 1. The molecule has 0 saturated heterocycles. The van der Waals surface area contributed by atoms with Crippen LogP contribution in [0.2, 0.25) is 0 Å². The molecule has 0 amide bonds. The first-order valence-corrected chi connectivity index (χ1v) is 6.74. The quantitative estimate of drug-likeness (QED) is 0.720. The molecule has 0 bridgehead atoms. The molecule has 1 aromatic heterocycles. The first-order chi connectivity index (χ1) is 10.2. The van der Waals surface area contributed by atoms with E-state index in [1.807, 2.05) is 41.0 Å². The van der Waals surface area contributed by atoms with E-state index in [9.17, 15) is 5.11 Å². The van der Waals surface area contributed by atoms with Gasteiger partial charge in [0.15, 0.2) is 0 Å². The molecule has 3 N–H and O–H groups in total. The molecule has 0 aliphatic rings. The van der Waals surface area contributed by atoms with E-state index in [-0.39, 0.29) is 6.61 Å². The lowest BCUT2D eigenvalue weighted by Crippen LogP contribution is -2.05. The van der Waals surface area contributed by atoms with Crippen molar-refractivity contribution in [2.24, 2.45) is 0 Å². The third-order valence-electron chi connectivity index (χ3n) is 3.48. The number of methoxy groups -OCH3 is 1. The van der Waals surface area contributed by atoms with Crippen molar-refractivity contribution >= 4 is 16.7 Å². The number of imidazole rings is 1. The van der Waals surface area contributed by atoms with Crippen molar-refractivity contribution in [1.82, 2.24) is 9.55 Å². The Hall–Kier alpha value is -2.53. The highest BCUT2D eigenvalue weighted by Gasteiger charge is 2.14. The molecule has 21 heavy (non-hydrogen) atoms. The zero-order valence-corrected chi connectivity index (χ0v) is 11.8. The van der Waals surface area contributed by atoms with Crippen molar-refractivity contribution in [1.29, 1.82) is 0 Å². The number of fused-ring (bicyclic) bond motifs is 1. The number of aliphatic hydroxyl groups is 1. The van der Waals surface area contributed by atoms with E-state index >= 15 is 0 Å². The molecule has 1 heterocycles. The Labute approximate surface area is 122 Å². The summed E-state index contributed by atoms with van der Waals surface area (Å²) < 4.78 is 7.16. The molecular weight excluding hydrogens is 266 g/mol. The van der Waals surface area contributed by atoms with Crippen molar-refractivity contribution < 1.29 is 9.84 Å². The van der Waals surface area contributed by atoms with Gasteiger partial charge < -0.3 is 20.1 Å². The summed E-state index contributed by atoms with van der Waals surface area (Å²) in [5.41, 5.74) is 9.42. The van der Waals surface area contributed by atoms with Crippen molar-refractivity contribution in [2.45, 2.75) is 6.54 Å². The van der Waals surface area contributed by atoms with Crippen LogP contribution in [0.5, 0.6) is 5.75 Å². The van der Waals surface area contributed by atoms with Crippen LogP contribution in [0.4, 0.5) is 5.69 Å². The maximum atomic E-state index is 9.32. The second-order valence-corrected chi connectivity index (χ2v) is 4.75. The van der Waals surface area contributed by atoms with E-state index in [0.29, 0.717) is 18.0 Å². The minimum absolute atomic E-state index is 0.0451. The van der Waals surface area contributed by atoms with Gasteiger partial charge in [-0.25, -0.2) is 4.98 Å². The summed E-state index contributed by atoms with van der Waals surface area (Å²) in [6.45, 7) is 0.519. The fraction of sp³-hybridized carbons (Fsp3) is 0.188. The highest BCUT2D eigenvalue weighted by molar-refractivity contribution is 5.84. The van der Waals surface area contributed by atoms with Gasteiger partial charge in [0.1, 0.15) is 11.6 Å². The predicted molar refractivity (Wildman–Crippen MR) is 83.2 cm³/mol. The molecule has 0 unspecified atom stereocenters. The summed E-state index contributed by atoms with van der Waals surface area (Å²) in [7, 11) is 1.61. The number of nitrogens with zero attached hydrogens (tertiary/aromatic N) is 2. The van der Waals surface area contributed by atoms with Crippen molar-refractivity contribution in [3.05, 3.63) is 42.5 Å². The van der Waals surface area contributed by atoms with Gasteiger partial charge in [0, 0.05) is 23.9 Å². The van der Waals surface area contributed by atoms with Crippen LogP contribution in [0.3, 0.4) is 0 Å². The number of hydrogen-bond donors (Lipinski definition) is 2. The lowest BCUT2D eigenvalue weighted by molar-refractivity contribution is 0.278. The van der Waals surface area contributed by atoms with Gasteiger partial charge in [-0.3, -0.25) is 0 Å². The summed E-state index contributed by atoms with van der Waals surface area (Å²) >= 11 is 0. The first-order valence-electron chi connectivity index (χ1n) is 6.74. The fourth-order valence-electron chi connectivity index (χ4n) is 2.48. The van der Waals surface area contributed by atoms with E-state index in [1.165, 1.54) is 0 Å². The number of anilines is 1. The second-order valence-electron chi connectivity index (χ2n) is 4.75. The molecule has 0 atom stereocenters. The normalized spacial score (nSPS) is 11.0. The molecule has 0 radical (unpaired) electrons. The Morgan fingerprint density at radius 1 is 1.24 bits per heavy atom. The van der Waals surface area contributed by atoms with Gasteiger partial charge in [0.05, 0.1) is 24.8 Å². The van der Waals surface area contributed by atoms with Crippen LogP contribution in [0, 0.1) is 0 Å². The van der Waals surface area contributed by atoms with Crippen LogP contribution in [-0.2, 0) is 6.54 Å². The molecule has 0 aliphatic carbocycles. The van der Waals surface area contributed by atoms with Gasteiger partial charge in [-0.2, -0.15) is 0 Å². The van der Waals surface area contributed by atoms with E-state index in [4.69, 9.17) is 10.5 Å². The Morgan fingerprint density at radius 3 is 2.76 bits per heavy atom. The number of para-hydroxylation sites is 2. The van der Waals surface area contributed by atoms with Crippen molar-refractivity contribution in [2.75, 3.05) is 19.5 Å². The monoisotopic (exact) mass is 283 g/mol. The summed E-state index contributed by atoms with van der Waals surface area (Å²) in [4.78, 5) is 4.65. The summed E-state index contributed by atoms with van der Waals surface area (Å²) in [6.07, 6.45) is 0. The highest BCUT2D eigenvalue weighted by Crippen LogP contribution is 2.31. The van der Waals surface area contributed by atoms with Crippen LogP contribution in [-0.4, -0.2) is 28.4 Å². The first kappa shape index (κ1) is 13.5. The highest BCUT2D eigenvalue weighted by atomic mass is 16.5. The van der Waals surface area contributed by atoms with Gasteiger partial charge in [-0.1, -0.05) is 12.1 Å². The predicted octanol–water partition coefficient (Wildman–Crippen LogP) is 2.29. The van der Waals surface area contributed by atoms with Gasteiger partial charge in [-0.15, -0.1) is 0 Å². The van der Waals surface area contributed by atoms with Crippen LogP contribution < -0.4 is 10.5 Å². The van der Waals surface area contributed by atoms with E-state index < -0.39 is 0 Å². The van der Waals surface area contributed by atoms with Gasteiger partial charge >= 0.3 is 0 Å². The summed E-state index contributed by atoms with van der Waals surface area (Å²) in [6, 6.07) is 13.4. The van der Waals surface area contributed by atoms with Crippen LogP contribution >= 0.6 is 0 Å². The Balaban J connectivity index is 2.21. The Bertz CT molecular complexity index is 780. The van der Waals surface area contributed by atoms with Crippen molar-refractivity contribution in [3.63, 3.8) is 0 Å². The number of nitrogen functional groups attached to an aromatic ring is 1. The molecule has 5 heteroatoms. The largest absolute Gasteiger partial charge is 0.497 e. The third-order valence-corrected chi connectivity index (χ3v) is 3.48. The average molecular weight is 283 g/mol. The Morgan fingerprint density at radius 2 is 2.05 bits per heavy atom. The smallest absolute Gasteiger partial charge is 0.143 e. The topological polar surface area (TPSA) is 73.3 Å². The van der Waals surface area contributed by atoms with Crippen LogP contribution in [0.25, 0.3) is 22.4 Å². The lowest BCUT2D eigenvalue weighted by atomic mass is 10.1. The van der Waals surface area contributed by atoms with Crippen LogP contribution in [0.1, 0.15) is 0 Å². The summed E-state index contributed by atoms with van der Waals surface area (Å²) in [5.74, 6) is 1.46. The number of benzene rings is 2. The molecule has 5 nitrogen and oxygen atoms in total. The van der Waals surface area contributed by atoms with Gasteiger partial charge in [0.2, 0.25) is 0 Å². The molecular formula is C16H17N3O2. The molecule has 0 fully saturated rings. The van der Waals surface area contributed by atoms with Gasteiger partial charge in [-0.05, 0) is 24.3 Å². The molecule has 0 saturated carbocycles. The maximum absolute atomic E-state index is 9.32. The molecule has 3 aromatic rings. The number of nitrogens with two attached hydrogens (primary N) is 1. The summed E-state index contributed by atoms with van der Waals surface area (Å²) in [5, 5.41) is 9.32. The SMILES string of the molecule is COc1ccc(-c2nc3ccccc3n2CCO)c(N)c1. The Kier molecular flexibility index (Phi) is 3.50. The minimum Gasteiger partial charge on any atom is -0.497 e. The lowest BCUT2D eigenvalue weighted by Gasteiger charge is -2.10. The van der Waals surface area contributed by atoms with E-state index in [1.54, 1.807) is 13.2 Å². The fourth-order valence-corrected chi connectivity index (χ4v) is 2.48. The maximum Gasteiger partial charge on any atom is 0.143 e. The number of aromatic nitrogens is 2. The molecule has 0 aliphatic heterocycles. The number of ether oxygens (including phenoxy) is 1. The van der Waals surface area contributed by atoms with Crippen LogP contribution in [0.15, 0.2) is 42.5 Å². The molecule has 2 aromatic carbocycles. The average Bonchev–Trinajstić information content (AvgIpc) is 2.86. The molecule has 3 rings (SSSR count). The van der Waals surface area contributed by atoms with Gasteiger partial charge in [0.25, 0.3) is 0 Å². The zero-order chi connectivity index (χ0) is 14.8. The van der Waals surface area contributed by atoms with E-state index in [0.717, 1.165) is 22.4 Å².